The zero-order chi connectivity index (χ0) is 17.6. The van der Waals surface area contributed by atoms with Gasteiger partial charge in [0.15, 0.2) is 11.5 Å². The third kappa shape index (κ3) is 4.29. The van der Waals surface area contributed by atoms with E-state index in [1.54, 1.807) is 24.3 Å². The highest BCUT2D eigenvalue weighted by atomic mass is 16.6. The summed E-state index contributed by atoms with van der Waals surface area (Å²) in [7, 11) is 0. The Kier molecular flexibility index (Phi) is 5.18. The number of carbonyl (C=O) groups is 2. The van der Waals surface area contributed by atoms with E-state index in [1.165, 1.54) is 0 Å². The SMILES string of the molecule is Cc1ccccc1C(=O)NCCC(=O)Nc1ccc2c(c1)OCCO2. The standard InChI is InChI=1S/C19H20N2O4/c1-13-4-2-3-5-15(13)19(23)20-9-8-18(22)21-14-6-7-16-17(12-14)25-11-10-24-16/h2-7,12H,8-11H2,1H3,(H,20,23)(H,21,22). The molecule has 2 aromatic carbocycles. The molecule has 1 heterocycles. The van der Waals surface area contributed by atoms with Crippen molar-refractivity contribution in [2.24, 2.45) is 0 Å². The van der Waals surface area contributed by atoms with Crippen LogP contribution in [-0.4, -0.2) is 31.6 Å². The summed E-state index contributed by atoms with van der Waals surface area (Å²) in [6.07, 6.45) is 0.187. The third-order valence-corrected chi connectivity index (χ3v) is 3.85. The molecule has 2 amide bonds. The third-order valence-electron chi connectivity index (χ3n) is 3.85. The molecule has 0 aliphatic carbocycles. The Balaban J connectivity index is 1.48. The van der Waals surface area contributed by atoms with Crippen LogP contribution in [-0.2, 0) is 4.79 Å². The van der Waals surface area contributed by atoms with E-state index in [9.17, 15) is 9.59 Å². The number of benzene rings is 2. The summed E-state index contributed by atoms with van der Waals surface area (Å²) in [6, 6.07) is 12.6. The van der Waals surface area contributed by atoms with Crippen molar-refractivity contribution in [3.63, 3.8) is 0 Å². The van der Waals surface area contributed by atoms with Crippen molar-refractivity contribution in [2.45, 2.75) is 13.3 Å². The van der Waals surface area contributed by atoms with Crippen LogP contribution in [0.15, 0.2) is 42.5 Å². The molecule has 6 heteroatoms. The largest absolute Gasteiger partial charge is 0.486 e. The van der Waals surface area contributed by atoms with E-state index in [-0.39, 0.29) is 24.8 Å². The van der Waals surface area contributed by atoms with Gasteiger partial charge >= 0.3 is 0 Å². The minimum Gasteiger partial charge on any atom is -0.486 e. The van der Waals surface area contributed by atoms with Crippen molar-refractivity contribution in [2.75, 3.05) is 25.1 Å². The fourth-order valence-electron chi connectivity index (χ4n) is 2.56. The first kappa shape index (κ1) is 16.8. The number of nitrogens with one attached hydrogen (secondary N) is 2. The molecule has 6 nitrogen and oxygen atoms in total. The topological polar surface area (TPSA) is 76.7 Å². The van der Waals surface area contributed by atoms with Crippen molar-refractivity contribution in [1.29, 1.82) is 0 Å². The molecule has 0 aromatic heterocycles. The molecule has 130 valence electrons. The first-order chi connectivity index (χ1) is 12.1. The molecular weight excluding hydrogens is 320 g/mol. The van der Waals surface area contributed by atoms with Crippen LogP contribution in [0.1, 0.15) is 22.3 Å². The fourth-order valence-corrected chi connectivity index (χ4v) is 2.56. The summed E-state index contributed by atoms with van der Waals surface area (Å²) in [6.45, 7) is 3.17. The molecule has 1 aliphatic rings. The number of anilines is 1. The number of hydrogen-bond donors (Lipinski definition) is 2. The van der Waals surface area contributed by atoms with Gasteiger partial charge in [-0.1, -0.05) is 18.2 Å². The Morgan fingerprint density at radius 2 is 1.80 bits per heavy atom. The molecule has 0 radical (unpaired) electrons. The molecule has 0 saturated heterocycles. The highest BCUT2D eigenvalue weighted by molar-refractivity contribution is 5.96. The van der Waals surface area contributed by atoms with Crippen LogP contribution in [0.2, 0.25) is 0 Å². The maximum Gasteiger partial charge on any atom is 0.251 e. The van der Waals surface area contributed by atoms with Gasteiger partial charge in [-0.2, -0.15) is 0 Å². The van der Waals surface area contributed by atoms with Crippen molar-refractivity contribution in [1.82, 2.24) is 5.32 Å². The Morgan fingerprint density at radius 3 is 2.60 bits per heavy atom. The first-order valence-corrected chi connectivity index (χ1v) is 8.17. The van der Waals surface area contributed by atoms with Crippen LogP contribution in [0.3, 0.4) is 0 Å². The van der Waals surface area contributed by atoms with Gasteiger partial charge in [0.05, 0.1) is 0 Å². The molecule has 0 atom stereocenters. The van der Waals surface area contributed by atoms with Gasteiger partial charge in [-0.25, -0.2) is 0 Å². The first-order valence-electron chi connectivity index (χ1n) is 8.17. The Bertz CT molecular complexity index is 789. The average Bonchev–Trinajstić information content (AvgIpc) is 2.62. The normalized spacial score (nSPS) is 12.4. The lowest BCUT2D eigenvalue weighted by Gasteiger charge is -2.19. The second-order valence-electron chi connectivity index (χ2n) is 5.73. The molecule has 25 heavy (non-hydrogen) atoms. The summed E-state index contributed by atoms with van der Waals surface area (Å²) in [5.74, 6) is 0.943. The van der Waals surface area contributed by atoms with Gasteiger partial charge < -0.3 is 20.1 Å². The monoisotopic (exact) mass is 340 g/mol. The maximum atomic E-state index is 12.1. The quantitative estimate of drug-likeness (QED) is 0.877. The zero-order valence-electron chi connectivity index (χ0n) is 14.0. The van der Waals surface area contributed by atoms with Crippen LogP contribution in [0.25, 0.3) is 0 Å². The van der Waals surface area contributed by atoms with Crippen LogP contribution >= 0.6 is 0 Å². The van der Waals surface area contributed by atoms with E-state index in [0.29, 0.717) is 36.0 Å². The molecule has 0 saturated carbocycles. The summed E-state index contributed by atoms with van der Waals surface area (Å²) in [4.78, 5) is 24.1. The minimum absolute atomic E-state index is 0.176. The second-order valence-corrected chi connectivity index (χ2v) is 5.73. The maximum absolute atomic E-state index is 12.1. The van der Waals surface area contributed by atoms with Crippen LogP contribution in [0.5, 0.6) is 11.5 Å². The predicted molar refractivity (Wildman–Crippen MR) is 94.2 cm³/mol. The number of fused-ring (bicyclic) bond motifs is 1. The summed E-state index contributed by atoms with van der Waals surface area (Å²) >= 11 is 0. The number of hydrogen-bond acceptors (Lipinski definition) is 4. The second kappa shape index (κ2) is 7.70. The van der Waals surface area contributed by atoms with Gasteiger partial charge in [0.1, 0.15) is 13.2 Å². The highest BCUT2D eigenvalue weighted by Gasteiger charge is 2.13. The molecule has 2 aromatic rings. The molecule has 0 bridgehead atoms. The molecule has 2 N–H and O–H groups in total. The molecule has 0 unspecified atom stereocenters. The number of carbonyl (C=O) groups excluding carboxylic acids is 2. The van der Waals surface area contributed by atoms with Crippen LogP contribution in [0, 0.1) is 6.92 Å². The minimum atomic E-state index is -0.179. The van der Waals surface area contributed by atoms with Crippen molar-refractivity contribution in [3.8, 4) is 11.5 Å². The number of ether oxygens (including phenoxy) is 2. The molecule has 3 rings (SSSR count). The lowest BCUT2D eigenvalue weighted by molar-refractivity contribution is -0.116. The van der Waals surface area contributed by atoms with E-state index in [0.717, 1.165) is 5.56 Å². The summed E-state index contributed by atoms with van der Waals surface area (Å²) < 4.78 is 10.9. The lowest BCUT2D eigenvalue weighted by atomic mass is 10.1. The summed E-state index contributed by atoms with van der Waals surface area (Å²) in [5.41, 5.74) is 2.16. The fraction of sp³-hybridized carbons (Fsp3) is 0.263. The van der Waals surface area contributed by atoms with E-state index in [2.05, 4.69) is 10.6 Å². The summed E-state index contributed by atoms with van der Waals surface area (Å²) in [5, 5.41) is 5.55. The Morgan fingerprint density at radius 1 is 1.04 bits per heavy atom. The van der Waals surface area contributed by atoms with E-state index < -0.39 is 0 Å². The van der Waals surface area contributed by atoms with Crippen LogP contribution < -0.4 is 20.1 Å². The van der Waals surface area contributed by atoms with Crippen molar-refractivity contribution < 1.29 is 19.1 Å². The Hall–Kier alpha value is -3.02. The Labute approximate surface area is 146 Å². The van der Waals surface area contributed by atoms with Crippen LogP contribution in [0.4, 0.5) is 5.69 Å². The van der Waals surface area contributed by atoms with Crippen molar-refractivity contribution in [3.05, 3.63) is 53.6 Å². The number of amides is 2. The molecule has 0 spiro atoms. The van der Waals surface area contributed by atoms with Gasteiger partial charge in [0.2, 0.25) is 5.91 Å². The van der Waals surface area contributed by atoms with Gasteiger partial charge in [-0.05, 0) is 30.7 Å². The van der Waals surface area contributed by atoms with E-state index in [1.807, 2.05) is 25.1 Å². The van der Waals surface area contributed by atoms with Gasteiger partial charge in [0.25, 0.3) is 5.91 Å². The van der Waals surface area contributed by atoms with E-state index in [4.69, 9.17) is 9.47 Å². The average molecular weight is 340 g/mol. The van der Waals surface area contributed by atoms with Gasteiger partial charge in [0, 0.05) is 30.3 Å². The lowest BCUT2D eigenvalue weighted by Crippen LogP contribution is -2.28. The zero-order valence-corrected chi connectivity index (χ0v) is 14.0. The number of aryl methyl sites for hydroxylation is 1. The van der Waals surface area contributed by atoms with Crippen molar-refractivity contribution >= 4 is 17.5 Å². The van der Waals surface area contributed by atoms with Gasteiger partial charge in [-0.15, -0.1) is 0 Å². The predicted octanol–water partition coefficient (Wildman–Crippen LogP) is 2.52. The number of rotatable bonds is 5. The molecular formula is C19H20N2O4. The smallest absolute Gasteiger partial charge is 0.251 e. The highest BCUT2D eigenvalue weighted by Crippen LogP contribution is 2.32. The van der Waals surface area contributed by atoms with Gasteiger partial charge in [-0.3, -0.25) is 9.59 Å². The molecule has 1 aliphatic heterocycles. The molecule has 0 fully saturated rings. The van der Waals surface area contributed by atoms with E-state index >= 15 is 0 Å².